The third-order valence-corrected chi connectivity index (χ3v) is 2.90. The van der Waals surface area contributed by atoms with E-state index in [0.29, 0.717) is 0 Å². The van der Waals surface area contributed by atoms with E-state index in [9.17, 15) is 0 Å². The second kappa shape index (κ2) is 5.54. The minimum absolute atomic E-state index is 0.205. The van der Waals surface area contributed by atoms with Crippen LogP contribution >= 0.6 is 0 Å². The third-order valence-electron chi connectivity index (χ3n) is 2.90. The fraction of sp³-hybridized carbons (Fsp3) is 0.267. The Bertz CT molecular complexity index is 477. The van der Waals surface area contributed by atoms with Crippen molar-refractivity contribution in [2.24, 2.45) is 0 Å². The Kier molecular flexibility index (Phi) is 3.82. The van der Waals surface area contributed by atoms with Gasteiger partial charge in [-0.3, -0.25) is 4.98 Å². The summed E-state index contributed by atoms with van der Waals surface area (Å²) in [4.78, 5) is 6.44. The molecule has 0 spiro atoms. The first-order valence-corrected chi connectivity index (χ1v) is 6.11. The zero-order valence-electron chi connectivity index (χ0n) is 11.1. The van der Waals surface area contributed by atoms with Crippen LogP contribution in [0.1, 0.15) is 18.7 Å². The Labute approximate surface area is 108 Å². The number of nitrogens with one attached hydrogen (secondary N) is 1. The minimum atomic E-state index is 0.205. The van der Waals surface area contributed by atoms with Crippen LogP contribution in [0.5, 0.6) is 0 Å². The van der Waals surface area contributed by atoms with Gasteiger partial charge in [0.05, 0.1) is 11.7 Å². The fourth-order valence-electron chi connectivity index (χ4n) is 1.81. The Hall–Kier alpha value is -2.03. The number of hydrogen-bond acceptors (Lipinski definition) is 3. The highest BCUT2D eigenvalue weighted by atomic mass is 15.1. The molecule has 0 aliphatic heterocycles. The molecule has 2 aromatic rings. The second-order valence-electron chi connectivity index (χ2n) is 4.56. The third kappa shape index (κ3) is 3.00. The van der Waals surface area contributed by atoms with Crippen molar-refractivity contribution in [1.82, 2.24) is 4.98 Å². The molecule has 3 heteroatoms. The first-order chi connectivity index (χ1) is 8.66. The normalized spacial score (nSPS) is 11.9. The molecular weight excluding hydrogens is 222 g/mol. The number of nitrogens with zero attached hydrogens (tertiary/aromatic N) is 2. The quantitative estimate of drug-likeness (QED) is 0.890. The highest BCUT2D eigenvalue weighted by molar-refractivity contribution is 5.54. The van der Waals surface area contributed by atoms with Gasteiger partial charge < -0.3 is 10.2 Å². The van der Waals surface area contributed by atoms with Gasteiger partial charge >= 0.3 is 0 Å². The molecule has 0 unspecified atom stereocenters. The molecule has 2 rings (SSSR count). The van der Waals surface area contributed by atoms with E-state index < -0.39 is 0 Å². The molecule has 0 saturated carbocycles. The van der Waals surface area contributed by atoms with Crippen LogP contribution in [0.3, 0.4) is 0 Å². The lowest BCUT2D eigenvalue weighted by Crippen LogP contribution is -2.10. The molecule has 1 atom stereocenters. The molecule has 1 heterocycles. The number of anilines is 2. The van der Waals surface area contributed by atoms with E-state index >= 15 is 0 Å². The van der Waals surface area contributed by atoms with E-state index in [2.05, 4.69) is 46.4 Å². The molecule has 0 amide bonds. The predicted octanol–water partition coefficient (Wildman–Crippen LogP) is 3.32. The zero-order chi connectivity index (χ0) is 13.0. The van der Waals surface area contributed by atoms with Crippen LogP contribution in [0.4, 0.5) is 11.4 Å². The molecule has 18 heavy (non-hydrogen) atoms. The van der Waals surface area contributed by atoms with Crippen molar-refractivity contribution >= 4 is 11.4 Å². The van der Waals surface area contributed by atoms with Gasteiger partial charge in [-0.2, -0.15) is 0 Å². The number of rotatable bonds is 4. The summed E-state index contributed by atoms with van der Waals surface area (Å²) in [7, 11) is 4.08. The summed E-state index contributed by atoms with van der Waals surface area (Å²) >= 11 is 0. The van der Waals surface area contributed by atoms with Crippen molar-refractivity contribution < 1.29 is 0 Å². The van der Waals surface area contributed by atoms with Crippen LogP contribution in [0.25, 0.3) is 0 Å². The SMILES string of the molecule is C[C@H](Nc1ccc(N(C)C)cc1)c1ccccn1. The van der Waals surface area contributed by atoms with E-state index in [1.807, 2.05) is 38.5 Å². The minimum Gasteiger partial charge on any atom is -0.378 e. The number of aromatic nitrogens is 1. The second-order valence-corrected chi connectivity index (χ2v) is 4.56. The molecule has 1 aromatic heterocycles. The summed E-state index contributed by atoms with van der Waals surface area (Å²) in [6.07, 6.45) is 1.82. The zero-order valence-corrected chi connectivity index (χ0v) is 11.1. The lowest BCUT2D eigenvalue weighted by molar-refractivity contribution is 0.839. The van der Waals surface area contributed by atoms with Crippen molar-refractivity contribution in [3.63, 3.8) is 0 Å². The first kappa shape index (κ1) is 12.4. The summed E-state index contributed by atoms with van der Waals surface area (Å²) in [6.45, 7) is 2.11. The number of pyridine rings is 1. The average Bonchev–Trinajstić information content (AvgIpc) is 2.40. The Morgan fingerprint density at radius 2 is 1.78 bits per heavy atom. The maximum atomic E-state index is 4.35. The van der Waals surface area contributed by atoms with Gasteiger partial charge in [-0.25, -0.2) is 0 Å². The lowest BCUT2D eigenvalue weighted by Gasteiger charge is -2.16. The van der Waals surface area contributed by atoms with Gasteiger partial charge in [0.15, 0.2) is 0 Å². The fourth-order valence-corrected chi connectivity index (χ4v) is 1.81. The Morgan fingerprint density at radius 1 is 1.06 bits per heavy atom. The van der Waals surface area contributed by atoms with Crippen molar-refractivity contribution in [3.05, 3.63) is 54.4 Å². The summed E-state index contributed by atoms with van der Waals surface area (Å²) in [5, 5.41) is 3.44. The number of benzene rings is 1. The molecule has 0 saturated heterocycles. The average molecular weight is 241 g/mol. The largest absolute Gasteiger partial charge is 0.378 e. The van der Waals surface area contributed by atoms with Crippen LogP contribution in [-0.2, 0) is 0 Å². The smallest absolute Gasteiger partial charge is 0.0657 e. The summed E-state index contributed by atoms with van der Waals surface area (Å²) in [5.41, 5.74) is 3.36. The molecule has 0 aliphatic carbocycles. The molecule has 0 aliphatic rings. The predicted molar refractivity (Wildman–Crippen MR) is 77.0 cm³/mol. The van der Waals surface area contributed by atoms with Crippen LogP contribution < -0.4 is 10.2 Å². The van der Waals surface area contributed by atoms with Crippen LogP contribution in [0, 0.1) is 0 Å². The van der Waals surface area contributed by atoms with Gasteiger partial charge in [0.1, 0.15) is 0 Å². The van der Waals surface area contributed by atoms with Gasteiger partial charge in [-0.1, -0.05) is 6.07 Å². The molecule has 1 aromatic carbocycles. The summed E-state index contributed by atoms with van der Waals surface area (Å²) in [6, 6.07) is 14.6. The molecule has 0 radical (unpaired) electrons. The molecular formula is C15H19N3. The maximum absolute atomic E-state index is 4.35. The Morgan fingerprint density at radius 3 is 2.33 bits per heavy atom. The van der Waals surface area contributed by atoms with Crippen molar-refractivity contribution in [2.75, 3.05) is 24.3 Å². The standard InChI is InChI=1S/C15H19N3/c1-12(15-6-4-5-11-16-15)17-13-7-9-14(10-8-13)18(2)3/h4-12,17H,1-3H3/t12-/m0/s1. The molecule has 3 nitrogen and oxygen atoms in total. The van der Waals surface area contributed by atoms with E-state index in [1.165, 1.54) is 5.69 Å². The summed E-state index contributed by atoms with van der Waals surface area (Å²) in [5.74, 6) is 0. The van der Waals surface area contributed by atoms with E-state index in [0.717, 1.165) is 11.4 Å². The van der Waals surface area contributed by atoms with Crippen LogP contribution in [0.2, 0.25) is 0 Å². The Balaban J connectivity index is 2.05. The molecule has 0 fully saturated rings. The van der Waals surface area contributed by atoms with Crippen molar-refractivity contribution in [3.8, 4) is 0 Å². The highest BCUT2D eigenvalue weighted by Crippen LogP contribution is 2.20. The topological polar surface area (TPSA) is 28.2 Å². The van der Waals surface area contributed by atoms with Gasteiger partial charge in [0, 0.05) is 31.7 Å². The van der Waals surface area contributed by atoms with E-state index in [-0.39, 0.29) is 6.04 Å². The van der Waals surface area contributed by atoms with Gasteiger partial charge in [0.2, 0.25) is 0 Å². The molecule has 0 bridgehead atoms. The van der Waals surface area contributed by atoms with Crippen LogP contribution in [0.15, 0.2) is 48.7 Å². The van der Waals surface area contributed by atoms with E-state index in [4.69, 9.17) is 0 Å². The van der Waals surface area contributed by atoms with Crippen molar-refractivity contribution in [2.45, 2.75) is 13.0 Å². The summed E-state index contributed by atoms with van der Waals surface area (Å²) < 4.78 is 0. The molecule has 94 valence electrons. The van der Waals surface area contributed by atoms with E-state index in [1.54, 1.807) is 0 Å². The monoisotopic (exact) mass is 241 g/mol. The van der Waals surface area contributed by atoms with Crippen LogP contribution in [-0.4, -0.2) is 19.1 Å². The maximum Gasteiger partial charge on any atom is 0.0657 e. The first-order valence-electron chi connectivity index (χ1n) is 6.11. The number of hydrogen-bond donors (Lipinski definition) is 1. The van der Waals surface area contributed by atoms with Gasteiger partial charge in [-0.05, 0) is 43.3 Å². The molecule has 1 N–H and O–H groups in total. The lowest BCUT2D eigenvalue weighted by atomic mass is 10.2. The van der Waals surface area contributed by atoms with Gasteiger partial charge in [-0.15, -0.1) is 0 Å². The van der Waals surface area contributed by atoms with Gasteiger partial charge in [0.25, 0.3) is 0 Å². The highest BCUT2D eigenvalue weighted by Gasteiger charge is 2.05. The van der Waals surface area contributed by atoms with Crippen molar-refractivity contribution in [1.29, 1.82) is 0 Å².